The van der Waals surface area contributed by atoms with E-state index in [0.717, 1.165) is 49.3 Å². The van der Waals surface area contributed by atoms with Gasteiger partial charge in [-0.1, -0.05) is 30.2 Å². The van der Waals surface area contributed by atoms with Crippen LogP contribution < -0.4 is 4.90 Å². The van der Waals surface area contributed by atoms with E-state index < -0.39 is 10.0 Å². The van der Waals surface area contributed by atoms with Gasteiger partial charge in [0.05, 0.1) is 10.9 Å². The summed E-state index contributed by atoms with van der Waals surface area (Å²) >= 11 is 0. The van der Waals surface area contributed by atoms with Gasteiger partial charge < -0.3 is 4.90 Å². The highest BCUT2D eigenvalue weighted by Crippen LogP contribution is 2.35. The van der Waals surface area contributed by atoms with Crippen LogP contribution in [0.15, 0.2) is 47.5 Å². The molecule has 1 aliphatic heterocycles. The molecule has 0 N–H and O–H groups in total. The Morgan fingerprint density at radius 2 is 1.78 bits per heavy atom. The Morgan fingerprint density at radius 3 is 2.37 bits per heavy atom. The molecule has 27 heavy (non-hydrogen) atoms. The maximum absolute atomic E-state index is 13.2. The summed E-state index contributed by atoms with van der Waals surface area (Å²) in [6.45, 7) is 8.54. The summed E-state index contributed by atoms with van der Waals surface area (Å²) in [4.78, 5) is 7.16. The van der Waals surface area contributed by atoms with E-state index in [1.54, 1.807) is 16.4 Å². The van der Waals surface area contributed by atoms with Crippen molar-refractivity contribution in [3.8, 4) is 0 Å². The monoisotopic (exact) mass is 387 g/mol. The van der Waals surface area contributed by atoms with Gasteiger partial charge in [-0.3, -0.25) is 0 Å². The van der Waals surface area contributed by atoms with Crippen molar-refractivity contribution in [2.45, 2.75) is 51.0 Å². The second kappa shape index (κ2) is 8.40. The molecule has 146 valence electrons. The number of anilines is 1. The molecule has 1 aliphatic rings. The van der Waals surface area contributed by atoms with Crippen LogP contribution in [0.5, 0.6) is 0 Å². The Labute approximate surface area is 163 Å². The molecule has 1 aromatic carbocycles. The van der Waals surface area contributed by atoms with E-state index in [-0.39, 0.29) is 6.04 Å². The number of benzene rings is 1. The molecular weight excluding hydrogens is 358 g/mol. The molecule has 0 amide bonds. The van der Waals surface area contributed by atoms with Crippen molar-refractivity contribution >= 4 is 15.8 Å². The van der Waals surface area contributed by atoms with E-state index in [0.29, 0.717) is 11.4 Å². The number of aromatic nitrogens is 1. The molecule has 0 bridgehead atoms. The number of nitrogens with zero attached hydrogens (tertiary/aromatic N) is 3. The van der Waals surface area contributed by atoms with Crippen molar-refractivity contribution in [1.29, 1.82) is 0 Å². The predicted molar refractivity (Wildman–Crippen MR) is 109 cm³/mol. The molecule has 1 saturated heterocycles. The lowest BCUT2D eigenvalue weighted by atomic mass is 9.99. The number of hydrogen-bond acceptors (Lipinski definition) is 4. The van der Waals surface area contributed by atoms with Crippen molar-refractivity contribution in [1.82, 2.24) is 9.29 Å². The second-order valence-corrected chi connectivity index (χ2v) is 8.95. The Kier molecular flexibility index (Phi) is 6.17. The quantitative estimate of drug-likeness (QED) is 0.747. The summed E-state index contributed by atoms with van der Waals surface area (Å²) in [5.74, 6) is 0.938. The molecule has 6 heteroatoms. The van der Waals surface area contributed by atoms with E-state index in [4.69, 9.17) is 0 Å². The van der Waals surface area contributed by atoms with Gasteiger partial charge in [-0.05, 0) is 57.4 Å². The smallest absolute Gasteiger partial charge is 0.243 e. The normalized spacial score (nSPS) is 18.4. The fourth-order valence-electron chi connectivity index (χ4n) is 3.70. The third-order valence-corrected chi connectivity index (χ3v) is 7.25. The minimum atomic E-state index is -3.52. The van der Waals surface area contributed by atoms with Crippen LogP contribution in [0.3, 0.4) is 0 Å². The highest BCUT2D eigenvalue weighted by Gasteiger charge is 2.34. The Morgan fingerprint density at radius 1 is 1.07 bits per heavy atom. The molecule has 1 aromatic heterocycles. The van der Waals surface area contributed by atoms with Crippen molar-refractivity contribution in [3.05, 3.63) is 53.7 Å². The van der Waals surface area contributed by atoms with Crippen LogP contribution in [-0.2, 0) is 10.0 Å². The highest BCUT2D eigenvalue weighted by molar-refractivity contribution is 7.89. The molecule has 0 radical (unpaired) electrons. The van der Waals surface area contributed by atoms with E-state index in [1.807, 2.05) is 37.4 Å². The number of pyridine rings is 1. The van der Waals surface area contributed by atoms with Gasteiger partial charge in [0.15, 0.2) is 0 Å². The standard InChI is InChI=1S/C21H29N3O2S/c1-4-23(5-2)21-14-11-18(16-22-21)20-8-6-7-15-24(20)27(25,26)19-12-9-17(3)10-13-19/h9-14,16,20H,4-8,15H2,1-3H3. The summed E-state index contributed by atoms with van der Waals surface area (Å²) in [7, 11) is -3.52. The molecule has 0 saturated carbocycles. The van der Waals surface area contributed by atoms with Crippen molar-refractivity contribution in [2.24, 2.45) is 0 Å². The number of sulfonamides is 1. The lowest BCUT2D eigenvalue weighted by Crippen LogP contribution is -2.38. The molecule has 0 spiro atoms. The van der Waals surface area contributed by atoms with Gasteiger partial charge in [-0.15, -0.1) is 0 Å². The summed E-state index contributed by atoms with van der Waals surface area (Å²) in [5.41, 5.74) is 2.03. The second-order valence-electron chi connectivity index (χ2n) is 7.06. The first-order valence-electron chi connectivity index (χ1n) is 9.76. The first kappa shape index (κ1) is 19.8. The van der Waals surface area contributed by atoms with Crippen LogP contribution in [0.1, 0.15) is 50.3 Å². The molecule has 0 aliphatic carbocycles. The van der Waals surface area contributed by atoms with E-state index in [9.17, 15) is 8.42 Å². The molecule has 1 unspecified atom stereocenters. The SMILES string of the molecule is CCN(CC)c1ccc(C2CCCCN2S(=O)(=O)c2ccc(C)cc2)cn1. The van der Waals surface area contributed by atoms with Gasteiger partial charge in [0.25, 0.3) is 0 Å². The lowest BCUT2D eigenvalue weighted by molar-refractivity contribution is 0.255. The first-order chi connectivity index (χ1) is 13.0. The maximum Gasteiger partial charge on any atom is 0.243 e. The van der Waals surface area contributed by atoms with Gasteiger partial charge in [-0.25, -0.2) is 13.4 Å². The van der Waals surface area contributed by atoms with E-state index in [1.165, 1.54) is 0 Å². The third kappa shape index (κ3) is 4.17. The molecule has 1 fully saturated rings. The average molecular weight is 388 g/mol. The van der Waals surface area contributed by atoms with Gasteiger partial charge in [0.1, 0.15) is 5.82 Å². The minimum absolute atomic E-state index is 0.150. The Balaban J connectivity index is 1.90. The predicted octanol–water partition coefficient (Wildman–Crippen LogP) is 4.15. The van der Waals surface area contributed by atoms with Gasteiger partial charge in [0.2, 0.25) is 10.0 Å². The Bertz CT molecular complexity index is 844. The van der Waals surface area contributed by atoms with E-state index in [2.05, 4.69) is 23.7 Å². The number of aryl methyl sites for hydroxylation is 1. The van der Waals surface area contributed by atoms with Crippen LogP contribution in [-0.4, -0.2) is 37.3 Å². The third-order valence-electron chi connectivity index (χ3n) is 5.32. The summed E-state index contributed by atoms with van der Waals surface area (Å²) < 4.78 is 28.2. The lowest BCUT2D eigenvalue weighted by Gasteiger charge is -2.35. The number of hydrogen-bond donors (Lipinski definition) is 0. The van der Waals surface area contributed by atoms with Crippen molar-refractivity contribution in [2.75, 3.05) is 24.5 Å². The number of piperidine rings is 1. The zero-order valence-corrected chi connectivity index (χ0v) is 17.2. The van der Waals surface area contributed by atoms with Crippen molar-refractivity contribution in [3.63, 3.8) is 0 Å². The summed E-state index contributed by atoms with van der Waals surface area (Å²) in [6, 6.07) is 11.0. The van der Waals surface area contributed by atoms with E-state index >= 15 is 0 Å². The fourth-order valence-corrected chi connectivity index (χ4v) is 5.38. The van der Waals surface area contributed by atoms with Crippen LogP contribution in [0.4, 0.5) is 5.82 Å². The van der Waals surface area contributed by atoms with Crippen molar-refractivity contribution < 1.29 is 8.42 Å². The molecule has 2 heterocycles. The van der Waals surface area contributed by atoms with Crippen LogP contribution >= 0.6 is 0 Å². The van der Waals surface area contributed by atoms with Gasteiger partial charge in [0, 0.05) is 25.8 Å². The Hall–Kier alpha value is -1.92. The maximum atomic E-state index is 13.2. The first-order valence-corrected chi connectivity index (χ1v) is 11.2. The highest BCUT2D eigenvalue weighted by atomic mass is 32.2. The minimum Gasteiger partial charge on any atom is -0.357 e. The zero-order valence-electron chi connectivity index (χ0n) is 16.4. The summed E-state index contributed by atoms with van der Waals surface area (Å²) in [5, 5.41) is 0. The molecule has 5 nitrogen and oxygen atoms in total. The molecule has 1 atom stereocenters. The van der Waals surface area contributed by atoms with Gasteiger partial charge in [-0.2, -0.15) is 4.31 Å². The van der Waals surface area contributed by atoms with Crippen LogP contribution in [0.25, 0.3) is 0 Å². The summed E-state index contributed by atoms with van der Waals surface area (Å²) in [6.07, 6.45) is 4.60. The van der Waals surface area contributed by atoms with Gasteiger partial charge >= 0.3 is 0 Å². The molecule has 2 aromatic rings. The topological polar surface area (TPSA) is 53.5 Å². The number of rotatable bonds is 6. The molecular formula is C21H29N3O2S. The zero-order chi connectivity index (χ0) is 19.4. The van der Waals surface area contributed by atoms with Crippen LogP contribution in [0, 0.1) is 6.92 Å². The largest absolute Gasteiger partial charge is 0.357 e. The average Bonchev–Trinajstić information content (AvgIpc) is 2.70. The molecule has 3 rings (SSSR count). The fraction of sp³-hybridized carbons (Fsp3) is 0.476. The van der Waals surface area contributed by atoms with Crippen LogP contribution in [0.2, 0.25) is 0 Å².